The summed E-state index contributed by atoms with van der Waals surface area (Å²) in [6.07, 6.45) is 0.632. The topological polar surface area (TPSA) is 46.5 Å². The molecule has 1 unspecified atom stereocenters. The van der Waals surface area contributed by atoms with Gasteiger partial charge in [0.1, 0.15) is 0 Å². The van der Waals surface area contributed by atoms with Gasteiger partial charge in [-0.1, -0.05) is 31.2 Å². The van der Waals surface area contributed by atoms with Crippen LogP contribution in [-0.4, -0.2) is 24.3 Å². The van der Waals surface area contributed by atoms with Gasteiger partial charge in [-0.2, -0.15) is 0 Å². The maximum Gasteiger partial charge on any atom is 0.307 e. The minimum Gasteiger partial charge on any atom is -0.481 e. The molecule has 0 spiro atoms. The van der Waals surface area contributed by atoms with Gasteiger partial charge in [0.15, 0.2) is 0 Å². The Morgan fingerprint density at radius 3 is 2.53 bits per heavy atom. The highest BCUT2D eigenvalue weighted by Crippen LogP contribution is 2.42. The van der Waals surface area contributed by atoms with E-state index < -0.39 is 5.97 Å². The van der Waals surface area contributed by atoms with Crippen LogP contribution in [0.3, 0.4) is 0 Å². The first-order chi connectivity index (χ1) is 8.12. The van der Waals surface area contributed by atoms with Crippen molar-refractivity contribution in [2.75, 3.05) is 13.2 Å². The van der Waals surface area contributed by atoms with Crippen LogP contribution in [0.25, 0.3) is 0 Å². The number of hydrogen-bond donors (Lipinski definition) is 1. The molecule has 1 aliphatic rings. The molecule has 1 aliphatic heterocycles. The van der Waals surface area contributed by atoms with E-state index in [1.807, 2.05) is 38.1 Å². The van der Waals surface area contributed by atoms with Crippen molar-refractivity contribution in [3.63, 3.8) is 0 Å². The van der Waals surface area contributed by atoms with Crippen LogP contribution in [-0.2, 0) is 14.9 Å². The number of carboxylic acids is 1. The lowest BCUT2D eigenvalue weighted by Gasteiger charge is -2.46. The highest BCUT2D eigenvalue weighted by Gasteiger charge is 2.50. The summed E-state index contributed by atoms with van der Waals surface area (Å²) in [7, 11) is 0. The second kappa shape index (κ2) is 4.49. The summed E-state index contributed by atoms with van der Waals surface area (Å²) in [5.41, 5.74) is 1.95. The molecule has 2 rings (SSSR count). The first kappa shape index (κ1) is 12.1. The smallest absolute Gasteiger partial charge is 0.307 e. The van der Waals surface area contributed by atoms with Gasteiger partial charge in [0, 0.05) is 0 Å². The molecule has 0 saturated carbocycles. The van der Waals surface area contributed by atoms with Crippen molar-refractivity contribution in [1.29, 1.82) is 0 Å². The lowest BCUT2D eigenvalue weighted by atomic mass is 9.66. The first-order valence-corrected chi connectivity index (χ1v) is 5.98. The van der Waals surface area contributed by atoms with Gasteiger partial charge in [-0.15, -0.1) is 0 Å². The van der Waals surface area contributed by atoms with E-state index in [9.17, 15) is 9.90 Å². The number of benzene rings is 1. The molecule has 17 heavy (non-hydrogen) atoms. The predicted molar refractivity (Wildman–Crippen MR) is 65.1 cm³/mol. The highest BCUT2D eigenvalue weighted by molar-refractivity contribution is 5.73. The second-order valence-electron chi connectivity index (χ2n) is 4.76. The van der Waals surface area contributed by atoms with Crippen LogP contribution in [0.2, 0.25) is 0 Å². The van der Waals surface area contributed by atoms with Gasteiger partial charge in [-0.3, -0.25) is 4.79 Å². The van der Waals surface area contributed by atoms with Gasteiger partial charge in [0.05, 0.1) is 24.5 Å². The zero-order valence-corrected chi connectivity index (χ0v) is 10.3. The van der Waals surface area contributed by atoms with Crippen molar-refractivity contribution in [2.24, 2.45) is 5.92 Å². The Morgan fingerprint density at radius 2 is 2.12 bits per heavy atom. The standard InChI is InChI=1S/C14H18O3/c1-3-11(13(15)16)14(8-17-9-14)12-7-5-4-6-10(12)2/h4-7,11H,3,8-9H2,1-2H3,(H,15,16). The Hall–Kier alpha value is -1.35. The molecule has 1 aromatic rings. The monoisotopic (exact) mass is 234 g/mol. The van der Waals surface area contributed by atoms with E-state index in [4.69, 9.17) is 4.74 Å². The summed E-state index contributed by atoms with van der Waals surface area (Å²) < 4.78 is 5.32. The van der Waals surface area contributed by atoms with E-state index in [1.165, 1.54) is 0 Å². The summed E-state index contributed by atoms with van der Waals surface area (Å²) in [5, 5.41) is 9.37. The molecule has 1 saturated heterocycles. The molecule has 1 atom stereocenters. The molecule has 1 aromatic carbocycles. The third-order valence-corrected chi connectivity index (χ3v) is 3.77. The molecule has 0 aliphatic carbocycles. The minimum absolute atomic E-state index is 0.327. The van der Waals surface area contributed by atoms with E-state index in [0.717, 1.165) is 11.1 Å². The fourth-order valence-corrected chi connectivity index (χ4v) is 2.80. The number of carbonyl (C=O) groups is 1. The Kier molecular flexibility index (Phi) is 3.20. The van der Waals surface area contributed by atoms with Crippen LogP contribution in [0.15, 0.2) is 24.3 Å². The SMILES string of the molecule is CCC(C(=O)O)C1(c2ccccc2C)COC1. The number of aliphatic carboxylic acids is 1. The Bertz CT molecular complexity index is 421. The molecule has 0 bridgehead atoms. The van der Waals surface area contributed by atoms with E-state index in [1.54, 1.807) is 0 Å². The van der Waals surface area contributed by atoms with Gasteiger partial charge >= 0.3 is 5.97 Å². The Morgan fingerprint density at radius 1 is 1.47 bits per heavy atom. The fourth-order valence-electron chi connectivity index (χ4n) is 2.80. The normalized spacial score (nSPS) is 19.4. The number of hydrogen-bond acceptors (Lipinski definition) is 2. The van der Waals surface area contributed by atoms with Crippen molar-refractivity contribution in [2.45, 2.75) is 25.7 Å². The van der Waals surface area contributed by atoms with Crippen LogP contribution >= 0.6 is 0 Å². The first-order valence-electron chi connectivity index (χ1n) is 5.98. The summed E-state index contributed by atoms with van der Waals surface area (Å²) in [5.74, 6) is -1.09. The minimum atomic E-state index is -0.723. The molecule has 92 valence electrons. The van der Waals surface area contributed by atoms with Gasteiger partial charge in [0.2, 0.25) is 0 Å². The molecular weight excluding hydrogens is 216 g/mol. The molecular formula is C14H18O3. The molecule has 0 amide bonds. The van der Waals surface area contributed by atoms with Crippen LogP contribution in [0.4, 0.5) is 0 Å². The highest BCUT2D eigenvalue weighted by atomic mass is 16.5. The largest absolute Gasteiger partial charge is 0.481 e. The van der Waals surface area contributed by atoms with Gasteiger partial charge in [-0.05, 0) is 24.5 Å². The van der Waals surface area contributed by atoms with Crippen molar-refractivity contribution in [1.82, 2.24) is 0 Å². The van der Waals surface area contributed by atoms with E-state index in [0.29, 0.717) is 19.6 Å². The Balaban J connectivity index is 2.44. The van der Waals surface area contributed by atoms with Crippen LogP contribution in [0.1, 0.15) is 24.5 Å². The Labute approximate surface area is 101 Å². The van der Waals surface area contributed by atoms with Crippen LogP contribution < -0.4 is 0 Å². The number of carboxylic acid groups (broad SMARTS) is 1. The molecule has 1 fully saturated rings. The lowest BCUT2D eigenvalue weighted by molar-refractivity contribution is -0.157. The van der Waals surface area contributed by atoms with Crippen LogP contribution in [0.5, 0.6) is 0 Å². The summed E-state index contributed by atoms with van der Waals surface area (Å²) in [6.45, 7) is 4.99. The van der Waals surface area contributed by atoms with Crippen molar-refractivity contribution >= 4 is 5.97 Å². The quantitative estimate of drug-likeness (QED) is 0.870. The molecule has 0 aromatic heterocycles. The third kappa shape index (κ3) is 1.84. The summed E-state index contributed by atoms with van der Waals surface area (Å²) in [4.78, 5) is 11.4. The van der Waals surface area contributed by atoms with Gasteiger partial charge in [-0.25, -0.2) is 0 Å². The van der Waals surface area contributed by atoms with Gasteiger partial charge in [0.25, 0.3) is 0 Å². The fraction of sp³-hybridized carbons (Fsp3) is 0.500. The van der Waals surface area contributed by atoms with Crippen molar-refractivity contribution in [3.05, 3.63) is 35.4 Å². The average molecular weight is 234 g/mol. The number of aryl methyl sites for hydroxylation is 1. The number of rotatable bonds is 4. The molecule has 3 nitrogen and oxygen atoms in total. The third-order valence-electron chi connectivity index (χ3n) is 3.77. The lowest BCUT2D eigenvalue weighted by Crippen LogP contribution is -2.55. The van der Waals surface area contributed by atoms with Crippen molar-refractivity contribution < 1.29 is 14.6 Å². The van der Waals surface area contributed by atoms with Gasteiger partial charge < -0.3 is 9.84 Å². The predicted octanol–water partition coefficient (Wildman–Crippen LogP) is 2.37. The molecule has 1 N–H and O–H groups in total. The molecule has 0 radical (unpaired) electrons. The average Bonchev–Trinajstić information content (AvgIpc) is 2.24. The molecule has 1 heterocycles. The van der Waals surface area contributed by atoms with E-state index in [2.05, 4.69) is 0 Å². The number of ether oxygens (including phenoxy) is 1. The second-order valence-corrected chi connectivity index (χ2v) is 4.76. The summed E-state index contributed by atoms with van der Waals surface area (Å²) >= 11 is 0. The maximum absolute atomic E-state index is 11.4. The zero-order valence-electron chi connectivity index (χ0n) is 10.3. The van der Waals surface area contributed by atoms with Crippen molar-refractivity contribution in [3.8, 4) is 0 Å². The summed E-state index contributed by atoms with van der Waals surface area (Å²) in [6, 6.07) is 8.01. The maximum atomic E-state index is 11.4. The van der Waals surface area contributed by atoms with Crippen LogP contribution in [0, 0.1) is 12.8 Å². The van der Waals surface area contributed by atoms with E-state index in [-0.39, 0.29) is 11.3 Å². The zero-order chi connectivity index (χ0) is 12.5. The molecule has 3 heteroatoms. The van der Waals surface area contributed by atoms with E-state index >= 15 is 0 Å².